The molecule has 94 valence electrons. The summed E-state index contributed by atoms with van der Waals surface area (Å²) < 4.78 is 0. The molecule has 8 nitrogen and oxygen atoms in total. The number of fused-ring (bicyclic) bond motifs is 1. The van der Waals surface area contributed by atoms with Crippen LogP contribution in [0.1, 0.15) is 10.4 Å². The zero-order chi connectivity index (χ0) is 13.1. The Bertz CT molecular complexity index is 607. The van der Waals surface area contributed by atoms with E-state index in [1.807, 2.05) is 0 Å². The Morgan fingerprint density at radius 3 is 2.94 bits per heavy atom. The standard InChI is InChI=1S/C10H11N5O3/c1-11-7(16)4-12-6-3-14-9-8(15-6)5(2-13-9)10(17)18/h2-3H,4H2,1H3,(H,11,16)(H,12,15)(H,13,14)(H,17,18). The molecule has 0 bridgehead atoms. The van der Waals surface area contributed by atoms with Gasteiger partial charge in [0.05, 0.1) is 12.7 Å². The summed E-state index contributed by atoms with van der Waals surface area (Å²) in [7, 11) is 1.52. The van der Waals surface area contributed by atoms with Crippen molar-refractivity contribution in [2.75, 3.05) is 18.9 Å². The summed E-state index contributed by atoms with van der Waals surface area (Å²) in [5, 5.41) is 14.1. The van der Waals surface area contributed by atoms with Crippen LogP contribution >= 0.6 is 0 Å². The van der Waals surface area contributed by atoms with Gasteiger partial charge in [0, 0.05) is 13.2 Å². The Morgan fingerprint density at radius 1 is 1.50 bits per heavy atom. The first-order valence-electron chi connectivity index (χ1n) is 5.13. The average Bonchev–Trinajstić information content (AvgIpc) is 2.78. The van der Waals surface area contributed by atoms with Crippen LogP contribution in [0, 0.1) is 0 Å². The Balaban J connectivity index is 2.28. The third kappa shape index (κ3) is 2.21. The average molecular weight is 249 g/mol. The van der Waals surface area contributed by atoms with E-state index >= 15 is 0 Å². The molecule has 0 radical (unpaired) electrons. The minimum Gasteiger partial charge on any atom is -0.478 e. The highest BCUT2D eigenvalue weighted by Gasteiger charge is 2.13. The maximum absolute atomic E-state index is 11.1. The second kappa shape index (κ2) is 4.70. The van der Waals surface area contributed by atoms with Crippen molar-refractivity contribution in [1.29, 1.82) is 0 Å². The molecular weight excluding hydrogens is 238 g/mol. The molecule has 2 aromatic rings. The molecule has 0 fully saturated rings. The van der Waals surface area contributed by atoms with E-state index in [0.717, 1.165) is 0 Å². The summed E-state index contributed by atoms with van der Waals surface area (Å²) in [6.07, 6.45) is 2.75. The van der Waals surface area contributed by atoms with Crippen LogP contribution in [-0.2, 0) is 4.79 Å². The van der Waals surface area contributed by atoms with Gasteiger partial charge in [-0.2, -0.15) is 0 Å². The monoisotopic (exact) mass is 249 g/mol. The number of nitrogens with one attached hydrogen (secondary N) is 3. The number of H-pyrrole nitrogens is 1. The number of carboxylic acids is 1. The quantitative estimate of drug-likeness (QED) is 0.596. The number of nitrogens with zero attached hydrogens (tertiary/aromatic N) is 2. The summed E-state index contributed by atoms with van der Waals surface area (Å²) in [4.78, 5) is 32.8. The summed E-state index contributed by atoms with van der Waals surface area (Å²) in [6.45, 7) is 0.0452. The van der Waals surface area contributed by atoms with Crippen molar-refractivity contribution >= 4 is 28.9 Å². The lowest BCUT2D eigenvalue weighted by molar-refractivity contribution is -0.118. The molecule has 8 heteroatoms. The first-order chi connectivity index (χ1) is 8.61. The van der Waals surface area contributed by atoms with Crippen LogP contribution in [0.4, 0.5) is 5.82 Å². The van der Waals surface area contributed by atoms with Crippen molar-refractivity contribution in [2.24, 2.45) is 0 Å². The fourth-order valence-electron chi connectivity index (χ4n) is 1.40. The van der Waals surface area contributed by atoms with Crippen LogP contribution in [0.2, 0.25) is 0 Å². The lowest BCUT2D eigenvalue weighted by Gasteiger charge is -2.03. The van der Waals surface area contributed by atoms with E-state index in [2.05, 4.69) is 25.6 Å². The fraction of sp³-hybridized carbons (Fsp3) is 0.200. The van der Waals surface area contributed by atoms with Crippen LogP contribution in [0.25, 0.3) is 11.2 Å². The summed E-state index contributed by atoms with van der Waals surface area (Å²) in [5.74, 6) is -0.948. The van der Waals surface area contributed by atoms with Gasteiger partial charge in [-0.1, -0.05) is 0 Å². The number of aromatic nitrogens is 3. The summed E-state index contributed by atoms with van der Waals surface area (Å²) >= 11 is 0. The van der Waals surface area contributed by atoms with Crippen molar-refractivity contribution in [1.82, 2.24) is 20.3 Å². The number of aromatic amines is 1. The zero-order valence-corrected chi connectivity index (χ0v) is 9.52. The van der Waals surface area contributed by atoms with Crippen molar-refractivity contribution in [3.8, 4) is 0 Å². The van der Waals surface area contributed by atoms with E-state index in [-0.39, 0.29) is 23.5 Å². The first kappa shape index (κ1) is 11.8. The normalized spacial score (nSPS) is 10.3. The number of carboxylic acid groups (broad SMARTS) is 1. The molecule has 2 heterocycles. The van der Waals surface area contributed by atoms with E-state index in [1.165, 1.54) is 19.4 Å². The lowest BCUT2D eigenvalue weighted by atomic mass is 10.3. The number of anilines is 1. The van der Waals surface area contributed by atoms with Gasteiger partial charge in [-0.05, 0) is 0 Å². The molecule has 0 aliphatic carbocycles. The largest absolute Gasteiger partial charge is 0.478 e. The molecule has 0 atom stereocenters. The number of likely N-dealkylation sites (N-methyl/N-ethyl adjacent to an activating group) is 1. The first-order valence-corrected chi connectivity index (χ1v) is 5.13. The summed E-state index contributed by atoms with van der Waals surface area (Å²) in [6, 6.07) is 0. The van der Waals surface area contributed by atoms with Gasteiger partial charge < -0.3 is 20.7 Å². The van der Waals surface area contributed by atoms with Gasteiger partial charge in [0.15, 0.2) is 5.65 Å². The molecule has 0 saturated heterocycles. The number of hydrogen-bond donors (Lipinski definition) is 4. The van der Waals surface area contributed by atoms with Crippen LogP contribution in [0.5, 0.6) is 0 Å². The maximum atomic E-state index is 11.1. The Kier molecular flexibility index (Phi) is 3.09. The number of amides is 1. The smallest absolute Gasteiger partial charge is 0.339 e. The van der Waals surface area contributed by atoms with Crippen LogP contribution in [0.3, 0.4) is 0 Å². The number of hydrogen-bond acceptors (Lipinski definition) is 5. The maximum Gasteiger partial charge on any atom is 0.339 e. The van der Waals surface area contributed by atoms with E-state index in [1.54, 1.807) is 0 Å². The minimum absolute atomic E-state index is 0.0427. The Hall–Kier alpha value is -2.64. The molecule has 0 unspecified atom stereocenters. The van der Waals surface area contributed by atoms with Crippen LogP contribution < -0.4 is 10.6 Å². The number of aromatic carboxylic acids is 1. The minimum atomic E-state index is -1.08. The zero-order valence-electron chi connectivity index (χ0n) is 9.52. The highest BCUT2D eigenvalue weighted by atomic mass is 16.4. The molecule has 0 aromatic carbocycles. The number of carbonyl (C=O) groups excluding carboxylic acids is 1. The van der Waals surface area contributed by atoms with Crippen molar-refractivity contribution in [3.63, 3.8) is 0 Å². The Morgan fingerprint density at radius 2 is 2.28 bits per heavy atom. The van der Waals surface area contributed by atoms with Crippen molar-refractivity contribution in [2.45, 2.75) is 0 Å². The van der Waals surface area contributed by atoms with Crippen LogP contribution in [0.15, 0.2) is 12.4 Å². The molecule has 1 amide bonds. The van der Waals surface area contributed by atoms with Crippen molar-refractivity contribution in [3.05, 3.63) is 18.0 Å². The molecule has 0 saturated carbocycles. The SMILES string of the molecule is CNC(=O)CNc1cnc2[nH]cc(C(=O)O)c2n1. The van der Waals surface area contributed by atoms with Gasteiger partial charge in [-0.15, -0.1) is 0 Å². The van der Waals surface area contributed by atoms with Crippen molar-refractivity contribution < 1.29 is 14.7 Å². The molecule has 0 aliphatic rings. The molecular formula is C10H11N5O3. The van der Waals surface area contributed by atoms with Crippen LogP contribution in [-0.4, -0.2) is 45.5 Å². The summed E-state index contributed by atoms with van der Waals surface area (Å²) in [5.41, 5.74) is 0.684. The van der Waals surface area contributed by atoms with Gasteiger partial charge in [0.25, 0.3) is 0 Å². The van der Waals surface area contributed by atoms with Gasteiger partial charge >= 0.3 is 5.97 Å². The van der Waals surface area contributed by atoms with E-state index in [4.69, 9.17) is 5.11 Å². The lowest BCUT2D eigenvalue weighted by Crippen LogP contribution is -2.26. The predicted octanol–water partition coefficient (Wildman–Crippen LogP) is -0.186. The molecule has 2 aromatic heterocycles. The second-order valence-electron chi connectivity index (χ2n) is 3.49. The molecule has 18 heavy (non-hydrogen) atoms. The van der Waals surface area contributed by atoms with E-state index < -0.39 is 5.97 Å². The highest BCUT2D eigenvalue weighted by molar-refractivity contribution is 6.00. The molecule has 4 N–H and O–H groups in total. The predicted molar refractivity (Wildman–Crippen MR) is 63.4 cm³/mol. The fourth-order valence-corrected chi connectivity index (χ4v) is 1.40. The van der Waals surface area contributed by atoms with E-state index in [0.29, 0.717) is 11.5 Å². The second-order valence-corrected chi connectivity index (χ2v) is 3.49. The topological polar surface area (TPSA) is 120 Å². The van der Waals surface area contributed by atoms with Gasteiger partial charge in [0.2, 0.25) is 5.91 Å². The van der Waals surface area contributed by atoms with E-state index in [9.17, 15) is 9.59 Å². The third-order valence-corrected chi connectivity index (χ3v) is 2.32. The molecule has 2 rings (SSSR count). The van der Waals surface area contributed by atoms with Gasteiger partial charge in [-0.25, -0.2) is 14.8 Å². The Labute approximate surface area is 101 Å². The highest BCUT2D eigenvalue weighted by Crippen LogP contribution is 2.15. The molecule has 0 spiro atoms. The third-order valence-electron chi connectivity index (χ3n) is 2.32. The molecule has 0 aliphatic heterocycles. The number of carbonyl (C=O) groups is 2. The van der Waals surface area contributed by atoms with Gasteiger partial charge in [0.1, 0.15) is 16.9 Å². The van der Waals surface area contributed by atoms with Gasteiger partial charge in [-0.3, -0.25) is 4.79 Å². The number of rotatable bonds is 4.